The smallest absolute Gasteiger partial charge is 0.343 e. The molecule has 0 unspecified atom stereocenters. The molecule has 180 valence electrons. The number of carbonyl (C=O) groups excluding carboxylic acids is 1. The van der Waals surface area contributed by atoms with Crippen molar-refractivity contribution in [1.29, 1.82) is 0 Å². The Hall–Kier alpha value is -3.57. The second-order valence-electron chi connectivity index (χ2n) is 8.34. The van der Waals surface area contributed by atoms with E-state index in [4.69, 9.17) is 4.74 Å². The van der Waals surface area contributed by atoms with Gasteiger partial charge in [-0.25, -0.2) is 14.4 Å². The number of amides is 1. The van der Waals surface area contributed by atoms with Crippen LogP contribution in [0.4, 0.5) is 19.0 Å². The molecule has 0 spiro atoms. The van der Waals surface area contributed by atoms with Crippen LogP contribution >= 0.6 is 0 Å². The Bertz CT molecular complexity index is 1220. The number of nitrogens with one attached hydrogen (secondary N) is 1. The van der Waals surface area contributed by atoms with Gasteiger partial charge in [-0.1, -0.05) is 0 Å². The fraction of sp³-hybridized carbons (Fsp3) is 0.455. The molecule has 9 nitrogen and oxygen atoms in total. The summed E-state index contributed by atoms with van der Waals surface area (Å²) in [4.78, 5) is 25.7. The van der Waals surface area contributed by atoms with Gasteiger partial charge in [-0.05, 0) is 45.7 Å². The second-order valence-corrected chi connectivity index (χ2v) is 8.34. The number of halogens is 3. The van der Waals surface area contributed by atoms with Crippen molar-refractivity contribution < 1.29 is 22.7 Å². The van der Waals surface area contributed by atoms with Gasteiger partial charge >= 0.3 is 5.92 Å². The van der Waals surface area contributed by atoms with Crippen molar-refractivity contribution in [3.05, 3.63) is 53.1 Å². The Morgan fingerprint density at radius 1 is 1.21 bits per heavy atom. The molecule has 1 N–H and O–H groups in total. The minimum Gasteiger partial charge on any atom is -0.478 e. The first-order valence-corrected chi connectivity index (χ1v) is 10.8. The van der Waals surface area contributed by atoms with Crippen LogP contribution in [-0.2, 0) is 18.6 Å². The van der Waals surface area contributed by atoms with Crippen molar-refractivity contribution in [3.63, 3.8) is 0 Å². The van der Waals surface area contributed by atoms with E-state index in [0.29, 0.717) is 11.5 Å². The molecule has 3 heterocycles. The summed E-state index contributed by atoms with van der Waals surface area (Å²) in [6.45, 7) is 4.30. The number of carbonyl (C=O) groups is 1. The number of aryl methyl sites for hydroxylation is 2. The third-order valence-electron chi connectivity index (χ3n) is 5.51. The van der Waals surface area contributed by atoms with E-state index in [1.807, 2.05) is 0 Å². The Morgan fingerprint density at radius 3 is 2.56 bits per heavy atom. The van der Waals surface area contributed by atoms with E-state index in [1.165, 1.54) is 13.1 Å². The minimum atomic E-state index is -4.05. The van der Waals surface area contributed by atoms with Gasteiger partial charge in [0.1, 0.15) is 23.7 Å². The number of pyridine rings is 1. The fourth-order valence-electron chi connectivity index (χ4n) is 3.43. The summed E-state index contributed by atoms with van der Waals surface area (Å²) in [6, 6.07) is 3.63. The predicted molar refractivity (Wildman–Crippen MR) is 115 cm³/mol. The average Bonchev–Trinajstić information content (AvgIpc) is 3.53. The van der Waals surface area contributed by atoms with E-state index in [-0.39, 0.29) is 29.9 Å². The highest BCUT2D eigenvalue weighted by Gasteiger charge is 2.57. The number of hydrogen-bond acceptors (Lipinski definition) is 7. The Kier molecular flexibility index (Phi) is 6.00. The predicted octanol–water partition coefficient (Wildman–Crippen LogP) is 3.81. The molecular weight excluding hydrogens is 451 g/mol. The number of nitrogens with zero attached hydrogens (tertiary/aromatic N) is 6. The van der Waals surface area contributed by atoms with Crippen LogP contribution in [0.5, 0.6) is 5.88 Å². The monoisotopic (exact) mass is 475 g/mol. The zero-order valence-corrected chi connectivity index (χ0v) is 19.1. The third-order valence-corrected chi connectivity index (χ3v) is 5.51. The summed E-state index contributed by atoms with van der Waals surface area (Å²) < 4.78 is 52.4. The molecule has 1 aliphatic rings. The van der Waals surface area contributed by atoms with Crippen molar-refractivity contribution in [2.45, 2.75) is 51.1 Å². The fourth-order valence-corrected chi connectivity index (χ4v) is 3.43. The lowest BCUT2D eigenvalue weighted by molar-refractivity contribution is -0.149. The van der Waals surface area contributed by atoms with Crippen molar-refractivity contribution >= 4 is 11.7 Å². The summed E-state index contributed by atoms with van der Waals surface area (Å²) in [5.74, 6) is -4.98. The van der Waals surface area contributed by atoms with E-state index in [2.05, 4.69) is 30.5 Å². The van der Waals surface area contributed by atoms with E-state index in [1.54, 1.807) is 13.8 Å². The minimum absolute atomic E-state index is 0.104. The van der Waals surface area contributed by atoms with Crippen LogP contribution < -0.4 is 10.1 Å². The largest absolute Gasteiger partial charge is 0.478 e. The first kappa shape index (κ1) is 23.6. The molecule has 3 aromatic heterocycles. The molecule has 1 fully saturated rings. The van der Waals surface area contributed by atoms with Crippen LogP contribution in [-0.4, -0.2) is 42.2 Å². The second kappa shape index (κ2) is 8.65. The Morgan fingerprint density at radius 2 is 1.94 bits per heavy atom. The van der Waals surface area contributed by atoms with Gasteiger partial charge in [0.05, 0.1) is 6.61 Å². The van der Waals surface area contributed by atoms with Crippen LogP contribution in [0.25, 0.3) is 0 Å². The van der Waals surface area contributed by atoms with Crippen LogP contribution in [0.3, 0.4) is 0 Å². The normalized spacial score (nSPS) is 15.6. The van der Waals surface area contributed by atoms with Crippen LogP contribution in [0.2, 0.25) is 0 Å². The van der Waals surface area contributed by atoms with Gasteiger partial charge in [-0.3, -0.25) is 4.79 Å². The molecule has 0 saturated heterocycles. The first-order valence-electron chi connectivity index (χ1n) is 10.8. The molecule has 3 aromatic rings. The Labute approximate surface area is 193 Å². The number of anilines is 1. The summed E-state index contributed by atoms with van der Waals surface area (Å²) in [5, 5.41) is 9.32. The molecular formula is C22H24F3N7O2. The maximum absolute atomic E-state index is 15.8. The lowest BCUT2D eigenvalue weighted by Crippen LogP contribution is -2.39. The standard InChI is InChI=1S/C22H24F3N7O2/c1-5-34-17-10-14(21(3,23)22(24,25)20-31-26-11-32(20)4)9-16(29-17)30-19(33)15-8-12(2)27-18(28-15)13-6-7-13/h8-11,13H,5-7H2,1-4H3,(H,29,30,33)/t21-/m1/s1. The maximum atomic E-state index is 15.8. The van der Waals surface area contributed by atoms with Gasteiger partial charge in [0, 0.05) is 30.3 Å². The molecule has 1 aliphatic carbocycles. The van der Waals surface area contributed by atoms with Gasteiger partial charge in [-0.2, -0.15) is 13.8 Å². The molecule has 34 heavy (non-hydrogen) atoms. The van der Waals surface area contributed by atoms with Gasteiger partial charge in [0.25, 0.3) is 5.91 Å². The highest BCUT2D eigenvalue weighted by molar-refractivity contribution is 6.02. The van der Waals surface area contributed by atoms with Gasteiger partial charge < -0.3 is 14.6 Å². The molecule has 1 atom stereocenters. The first-order chi connectivity index (χ1) is 16.0. The lowest BCUT2D eigenvalue weighted by Gasteiger charge is -2.30. The van der Waals surface area contributed by atoms with Crippen molar-refractivity contribution in [2.24, 2.45) is 7.05 Å². The van der Waals surface area contributed by atoms with E-state index < -0.39 is 28.9 Å². The molecule has 4 rings (SSSR count). The molecule has 0 radical (unpaired) electrons. The van der Waals surface area contributed by atoms with Crippen molar-refractivity contribution in [3.8, 4) is 5.88 Å². The topological polar surface area (TPSA) is 108 Å². The highest BCUT2D eigenvalue weighted by Crippen LogP contribution is 2.48. The van der Waals surface area contributed by atoms with Crippen molar-refractivity contribution in [2.75, 3.05) is 11.9 Å². The van der Waals surface area contributed by atoms with Crippen molar-refractivity contribution in [1.82, 2.24) is 29.7 Å². The Balaban J connectivity index is 1.69. The number of rotatable bonds is 8. The van der Waals surface area contributed by atoms with Gasteiger partial charge in [0.15, 0.2) is 0 Å². The molecule has 0 aromatic carbocycles. The summed E-state index contributed by atoms with van der Waals surface area (Å²) in [7, 11) is 1.29. The number of hydrogen-bond donors (Lipinski definition) is 1. The number of ether oxygens (including phenoxy) is 1. The number of alkyl halides is 3. The average molecular weight is 475 g/mol. The van der Waals surface area contributed by atoms with Gasteiger partial charge in [-0.15, -0.1) is 10.2 Å². The molecule has 0 aliphatic heterocycles. The zero-order valence-electron chi connectivity index (χ0n) is 19.1. The van der Waals surface area contributed by atoms with E-state index in [0.717, 1.165) is 42.8 Å². The summed E-state index contributed by atoms with van der Waals surface area (Å²) in [5.41, 5.74) is -2.95. The zero-order chi connectivity index (χ0) is 24.7. The van der Waals surface area contributed by atoms with E-state index >= 15 is 13.2 Å². The van der Waals surface area contributed by atoms with Crippen LogP contribution in [0, 0.1) is 6.92 Å². The molecule has 1 amide bonds. The van der Waals surface area contributed by atoms with Gasteiger partial charge in [0.2, 0.25) is 17.4 Å². The summed E-state index contributed by atoms with van der Waals surface area (Å²) >= 11 is 0. The molecule has 12 heteroatoms. The lowest BCUT2D eigenvalue weighted by atomic mass is 9.90. The summed E-state index contributed by atoms with van der Waals surface area (Å²) in [6.07, 6.45) is 2.98. The van der Waals surface area contributed by atoms with Crippen LogP contribution in [0.15, 0.2) is 24.5 Å². The van der Waals surface area contributed by atoms with E-state index in [9.17, 15) is 4.79 Å². The molecule has 0 bridgehead atoms. The SMILES string of the molecule is CCOc1cc([C@@](C)(F)C(F)(F)c2nncn2C)cc(NC(=O)c2cc(C)nc(C3CC3)n2)n1. The molecule has 1 saturated carbocycles. The number of aromatic nitrogens is 6. The highest BCUT2D eigenvalue weighted by atomic mass is 19.3. The third kappa shape index (κ3) is 4.44. The van der Waals surface area contributed by atoms with Crippen LogP contribution in [0.1, 0.15) is 66.0 Å². The maximum Gasteiger partial charge on any atom is 0.343 e. The quantitative estimate of drug-likeness (QED) is 0.528.